The Morgan fingerprint density at radius 3 is 2.90 bits per heavy atom. The highest BCUT2D eigenvalue weighted by molar-refractivity contribution is 5.76. The number of carbonyl (C=O) groups is 2. The summed E-state index contributed by atoms with van der Waals surface area (Å²) in [5, 5.41) is 11.5. The molecular formula is C14H17FN2O4. The van der Waals surface area contributed by atoms with Crippen molar-refractivity contribution in [3.05, 3.63) is 35.6 Å². The molecular weight excluding hydrogens is 279 g/mol. The van der Waals surface area contributed by atoms with Crippen molar-refractivity contribution in [1.82, 2.24) is 10.2 Å². The van der Waals surface area contributed by atoms with Crippen molar-refractivity contribution in [3.8, 4) is 0 Å². The maximum atomic E-state index is 13.5. The fourth-order valence-electron chi connectivity index (χ4n) is 2.21. The molecule has 6 nitrogen and oxygen atoms in total. The van der Waals surface area contributed by atoms with Gasteiger partial charge < -0.3 is 20.1 Å². The van der Waals surface area contributed by atoms with E-state index in [1.165, 1.54) is 11.0 Å². The fourth-order valence-corrected chi connectivity index (χ4v) is 2.21. The maximum absolute atomic E-state index is 13.5. The molecule has 0 radical (unpaired) electrons. The predicted octanol–water partition coefficient (Wildman–Crippen LogP) is 1.21. The molecule has 1 aliphatic heterocycles. The van der Waals surface area contributed by atoms with E-state index in [0.717, 1.165) is 0 Å². The van der Waals surface area contributed by atoms with E-state index < -0.39 is 18.0 Å². The number of ether oxygens (including phenoxy) is 1. The van der Waals surface area contributed by atoms with Gasteiger partial charge in [0.2, 0.25) is 0 Å². The third-order valence-corrected chi connectivity index (χ3v) is 3.29. The van der Waals surface area contributed by atoms with Crippen molar-refractivity contribution in [2.24, 2.45) is 0 Å². The van der Waals surface area contributed by atoms with E-state index in [4.69, 9.17) is 9.84 Å². The first-order valence-corrected chi connectivity index (χ1v) is 6.65. The zero-order valence-electron chi connectivity index (χ0n) is 11.4. The summed E-state index contributed by atoms with van der Waals surface area (Å²) in [5.74, 6) is -1.38. The number of carboxylic acid groups (broad SMARTS) is 1. The smallest absolute Gasteiger partial charge is 0.318 e. The van der Waals surface area contributed by atoms with Crippen LogP contribution in [0.1, 0.15) is 12.0 Å². The standard InChI is InChI=1S/C14H17FN2O4/c15-12-4-2-1-3-10(12)8-16-14(20)17-5-6-21-9-11(17)7-13(18)19/h1-4,11H,5-9H2,(H,16,20)(H,18,19). The molecule has 1 aromatic rings. The van der Waals surface area contributed by atoms with Crippen molar-refractivity contribution in [2.45, 2.75) is 19.0 Å². The molecule has 2 amide bonds. The highest BCUT2D eigenvalue weighted by Gasteiger charge is 2.29. The molecule has 21 heavy (non-hydrogen) atoms. The Bertz CT molecular complexity index is 523. The van der Waals surface area contributed by atoms with Crippen LogP contribution >= 0.6 is 0 Å². The fraction of sp³-hybridized carbons (Fsp3) is 0.429. The molecule has 0 saturated carbocycles. The number of nitrogens with zero attached hydrogens (tertiary/aromatic N) is 1. The largest absolute Gasteiger partial charge is 0.481 e. The first-order valence-electron chi connectivity index (χ1n) is 6.65. The third-order valence-electron chi connectivity index (χ3n) is 3.29. The summed E-state index contributed by atoms with van der Waals surface area (Å²) in [4.78, 5) is 24.3. The molecule has 2 N–H and O–H groups in total. The van der Waals surface area contributed by atoms with Crippen LogP contribution in [0.3, 0.4) is 0 Å². The molecule has 1 heterocycles. The minimum Gasteiger partial charge on any atom is -0.481 e. The lowest BCUT2D eigenvalue weighted by molar-refractivity contribution is -0.139. The molecule has 0 bridgehead atoms. The number of nitrogens with one attached hydrogen (secondary N) is 1. The maximum Gasteiger partial charge on any atom is 0.318 e. The van der Waals surface area contributed by atoms with E-state index in [1.807, 2.05) is 0 Å². The highest BCUT2D eigenvalue weighted by Crippen LogP contribution is 2.12. The Morgan fingerprint density at radius 1 is 1.43 bits per heavy atom. The predicted molar refractivity (Wildman–Crippen MR) is 72.2 cm³/mol. The summed E-state index contributed by atoms with van der Waals surface area (Å²) in [7, 11) is 0. The van der Waals surface area contributed by atoms with E-state index in [-0.39, 0.29) is 25.4 Å². The quantitative estimate of drug-likeness (QED) is 0.875. The summed E-state index contributed by atoms with van der Waals surface area (Å²) in [5.41, 5.74) is 0.383. The minimum absolute atomic E-state index is 0.0582. The Balaban J connectivity index is 1.94. The monoisotopic (exact) mass is 296 g/mol. The second-order valence-electron chi connectivity index (χ2n) is 4.77. The van der Waals surface area contributed by atoms with Crippen molar-refractivity contribution < 1.29 is 23.8 Å². The molecule has 1 aliphatic rings. The van der Waals surface area contributed by atoms with E-state index in [9.17, 15) is 14.0 Å². The summed E-state index contributed by atoms with van der Waals surface area (Å²) in [6, 6.07) is 5.26. The first-order chi connectivity index (χ1) is 10.1. The Morgan fingerprint density at radius 2 is 2.19 bits per heavy atom. The number of morpholine rings is 1. The molecule has 1 unspecified atom stereocenters. The summed E-state index contributed by atoms with van der Waals surface area (Å²) < 4.78 is 18.7. The van der Waals surface area contributed by atoms with Crippen LogP contribution in [0.15, 0.2) is 24.3 Å². The molecule has 114 valence electrons. The van der Waals surface area contributed by atoms with Crippen molar-refractivity contribution in [3.63, 3.8) is 0 Å². The van der Waals surface area contributed by atoms with Crippen molar-refractivity contribution >= 4 is 12.0 Å². The number of hydrogen-bond acceptors (Lipinski definition) is 3. The first kappa shape index (κ1) is 15.2. The van der Waals surface area contributed by atoms with E-state index in [0.29, 0.717) is 18.7 Å². The average molecular weight is 296 g/mol. The van der Waals surface area contributed by atoms with Crippen LogP contribution in [0.4, 0.5) is 9.18 Å². The molecule has 7 heteroatoms. The number of urea groups is 1. The molecule has 0 spiro atoms. The zero-order chi connectivity index (χ0) is 15.2. The summed E-state index contributed by atoms with van der Waals surface area (Å²) >= 11 is 0. The van der Waals surface area contributed by atoms with Gasteiger partial charge in [0.05, 0.1) is 25.7 Å². The normalized spacial score (nSPS) is 18.3. The molecule has 2 rings (SSSR count). The Kier molecular flexibility index (Phi) is 5.10. The lowest BCUT2D eigenvalue weighted by atomic mass is 10.1. The Labute approximate surface area is 121 Å². The van der Waals surface area contributed by atoms with Crippen molar-refractivity contribution in [1.29, 1.82) is 0 Å². The lowest BCUT2D eigenvalue weighted by Crippen LogP contribution is -2.53. The van der Waals surface area contributed by atoms with Crippen LogP contribution in [0.5, 0.6) is 0 Å². The van der Waals surface area contributed by atoms with E-state index in [2.05, 4.69) is 5.32 Å². The molecule has 1 aromatic carbocycles. The molecule has 0 aliphatic carbocycles. The number of hydrogen-bond donors (Lipinski definition) is 2. The van der Waals surface area contributed by atoms with Gasteiger partial charge in [-0.1, -0.05) is 18.2 Å². The number of aliphatic carboxylic acids is 1. The van der Waals surface area contributed by atoms with Gasteiger partial charge in [-0.25, -0.2) is 9.18 Å². The number of rotatable bonds is 4. The summed E-state index contributed by atoms with van der Waals surface area (Å²) in [6.07, 6.45) is -0.173. The number of benzene rings is 1. The minimum atomic E-state index is -0.989. The molecule has 1 fully saturated rings. The van der Waals surface area contributed by atoms with Crippen LogP contribution in [0.25, 0.3) is 0 Å². The van der Waals surface area contributed by atoms with Gasteiger partial charge in [0, 0.05) is 18.7 Å². The number of halogens is 1. The topological polar surface area (TPSA) is 78.9 Å². The molecule has 0 aromatic heterocycles. The SMILES string of the molecule is O=C(O)CC1COCCN1C(=O)NCc1ccccc1F. The third kappa shape index (κ3) is 4.16. The number of amides is 2. The van der Waals surface area contributed by atoms with Crippen LogP contribution in [0.2, 0.25) is 0 Å². The lowest BCUT2D eigenvalue weighted by Gasteiger charge is -2.34. The van der Waals surface area contributed by atoms with Crippen molar-refractivity contribution in [2.75, 3.05) is 19.8 Å². The number of carbonyl (C=O) groups excluding carboxylic acids is 1. The zero-order valence-corrected chi connectivity index (χ0v) is 11.4. The number of carboxylic acids is 1. The van der Waals surface area contributed by atoms with Gasteiger partial charge in [-0.05, 0) is 6.07 Å². The van der Waals surface area contributed by atoms with Gasteiger partial charge in [-0.15, -0.1) is 0 Å². The van der Waals surface area contributed by atoms with Gasteiger partial charge >= 0.3 is 12.0 Å². The van der Waals surface area contributed by atoms with E-state index in [1.54, 1.807) is 18.2 Å². The van der Waals surface area contributed by atoms with Gasteiger partial charge in [0.25, 0.3) is 0 Å². The summed E-state index contributed by atoms with van der Waals surface area (Å²) in [6.45, 7) is 0.937. The van der Waals surface area contributed by atoms with Crippen LogP contribution in [0, 0.1) is 5.82 Å². The highest BCUT2D eigenvalue weighted by atomic mass is 19.1. The van der Waals surface area contributed by atoms with Crippen LogP contribution in [-0.4, -0.2) is 47.8 Å². The van der Waals surface area contributed by atoms with Gasteiger partial charge in [0.15, 0.2) is 0 Å². The Hall–Kier alpha value is -2.15. The average Bonchev–Trinajstić information content (AvgIpc) is 2.46. The second kappa shape index (κ2) is 7.03. The van der Waals surface area contributed by atoms with Crippen LogP contribution in [-0.2, 0) is 16.1 Å². The van der Waals surface area contributed by atoms with E-state index >= 15 is 0 Å². The van der Waals surface area contributed by atoms with Gasteiger partial charge in [-0.3, -0.25) is 4.79 Å². The van der Waals surface area contributed by atoms with Crippen LogP contribution < -0.4 is 5.32 Å². The second-order valence-corrected chi connectivity index (χ2v) is 4.77. The molecule has 1 saturated heterocycles. The van der Waals surface area contributed by atoms with Gasteiger partial charge in [-0.2, -0.15) is 0 Å². The molecule has 1 atom stereocenters. The van der Waals surface area contributed by atoms with Gasteiger partial charge in [0.1, 0.15) is 5.82 Å².